The average Bonchev–Trinajstić information content (AvgIpc) is 3.07. The molecule has 0 aromatic heterocycles. The number of amides is 2. The van der Waals surface area contributed by atoms with Gasteiger partial charge in [0, 0.05) is 24.3 Å². The first kappa shape index (κ1) is 17.2. The molecule has 3 rings (SSSR count). The molecule has 1 fully saturated rings. The van der Waals surface area contributed by atoms with Gasteiger partial charge in [0.05, 0.1) is 5.92 Å². The van der Waals surface area contributed by atoms with E-state index in [4.69, 9.17) is 0 Å². The van der Waals surface area contributed by atoms with E-state index < -0.39 is 0 Å². The summed E-state index contributed by atoms with van der Waals surface area (Å²) in [6.07, 6.45) is 3.29. The molecule has 1 heterocycles. The topological polar surface area (TPSA) is 49.4 Å². The van der Waals surface area contributed by atoms with E-state index in [9.17, 15) is 9.59 Å². The first-order chi connectivity index (χ1) is 12.2. The lowest BCUT2D eigenvalue weighted by molar-refractivity contribution is -0.118. The monoisotopic (exact) mass is 336 g/mol. The van der Waals surface area contributed by atoms with E-state index in [0.29, 0.717) is 6.42 Å². The van der Waals surface area contributed by atoms with E-state index in [2.05, 4.69) is 12.2 Å². The fourth-order valence-corrected chi connectivity index (χ4v) is 3.30. The van der Waals surface area contributed by atoms with Crippen molar-refractivity contribution in [1.82, 2.24) is 0 Å². The van der Waals surface area contributed by atoms with Crippen molar-refractivity contribution in [3.8, 4) is 0 Å². The molecule has 25 heavy (non-hydrogen) atoms. The molecule has 1 aliphatic rings. The molecule has 0 saturated carbocycles. The lowest BCUT2D eigenvalue weighted by Gasteiger charge is -2.18. The SMILES string of the molecule is CCCC(C(=O)Nc1ccc(N2CCCC2=O)cc1)c1ccccc1. The zero-order chi connectivity index (χ0) is 17.6. The Morgan fingerprint density at radius 1 is 1.12 bits per heavy atom. The quantitative estimate of drug-likeness (QED) is 0.853. The smallest absolute Gasteiger partial charge is 0.231 e. The predicted octanol–water partition coefficient (Wildman–Crippen LogP) is 4.34. The largest absolute Gasteiger partial charge is 0.326 e. The minimum absolute atomic E-state index is 0.0121. The molecule has 0 spiro atoms. The first-order valence-electron chi connectivity index (χ1n) is 8.95. The number of carbonyl (C=O) groups is 2. The fourth-order valence-electron chi connectivity index (χ4n) is 3.30. The van der Waals surface area contributed by atoms with E-state index in [-0.39, 0.29) is 17.7 Å². The standard InChI is InChI=1S/C21H24N2O2/c1-2-7-19(16-8-4-3-5-9-16)21(25)22-17-11-13-18(14-12-17)23-15-6-10-20(23)24/h3-5,8-9,11-14,19H,2,6-7,10,15H2,1H3,(H,22,25). The summed E-state index contributed by atoms with van der Waals surface area (Å²) < 4.78 is 0. The highest BCUT2D eigenvalue weighted by Gasteiger charge is 2.22. The lowest BCUT2D eigenvalue weighted by atomic mass is 9.93. The van der Waals surface area contributed by atoms with Crippen LogP contribution in [-0.4, -0.2) is 18.4 Å². The maximum absolute atomic E-state index is 12.7. The number of hydrogen-bond donors (Lipinski definition) is 1. The molecular formula is C21H24N2O2. The van der Waals surface area contributed by atoms with Crippen LogP contribution in [0.25, 0.3) is 0 Å². The van der Waals surface area contributed by atoms with Crippen molar-refractivity contribution in [2.24, 2.45) is 0 Å². The Kier molecular flexibility index (Phi) is 5.49. The number of benzene rings is 2. The normalized spacial score (nSPS) is 15.2. The molecule has 4 heteroatoms. The lowest BCUT2D eigenvalue weighted by Crippen LogP contribution is -2.24. The van der Waals surface area contributed by atoms with Crippen LogP contribution in [0, 0.1) is 0 Å². The van der Waals surface area contributed by atoms with Gasteiger partial charge in [0.2, 0.25) is 11.8 Å². The molecule has 1 N–H and O–H groups in total. The van der Waals surface area contributed by atoms with Crippen LogP contribution >= 0.6 is 0 Å². The third kappa shape index (κ3) is 4.08. The zero-order valence-electron chi connectivity index (χ0n) is 14.6. The van der Waals surface area contributed by atoms with Crippen molar-refractivity contribution in [3.05, 3.63) is 60.2 Å². The summed E-state index contributed by atoms with van der Waals surface area (Å²) in [5.74, 6) is 0.0351. The molecule has 1 unspecified atom stereocenters. The van der Waals surface area contributed by atoms with Crippen molar-refractivity contribution in [2.75, 3.05) is 16.8 Å². The summed E-state index contributed by atoms with van der Waals surface area (Å²) in [5, 5.41) is 3.01. The predicted molar refractivity (Wildman–Crippen MR) is 101 cm³/mol. The Morgan fingerprint density at radius 3 is 2.44 bits per heavy atom. The van der Waals surface area contributed by atoms with Gasteiger partial charge >= 0.3 is 0 Å². The Labute approximate surface area is 148 Å². The van der Waals surface area contributed by atoms with Crippen LogP contribution in [0.15, 0.2) is 54.6 Å². The van der Waals surface area contributed by atoms with Crippen molar-refractivity contribution >= 4 is 23.2 Å². The molecular weight excluding hydrogens is 312 g/mol. The van der Waals surface area contributed by atoms with Crippen molar-refractivity contribution in [3.63, 3.8) is 0 Å². The van der Waals surface area contributed by atoms with Crippen LogP contribution in [0.1, 0.15) is 44.1 Å². The summed E-state index contributed by atoms with van der Waals surface area (Å²) in [5.41, 5.74) is 2.70. The van der Waals surface area contributed by atoms with Crippen LogP contribution in [0.2, 0.25) is 0 Å². The number of nitrogens with one attached hydrogen (secondary N) is 1. The number of rotatable bonds is 6. The minimum atomic E-state index is -0.147. The van der Waals surface area contributed by atoms with E-state index in [1.165, 1.54) is 0 Å². The summed E-state index contributed by atoms with van der Waals surface area (Å²) in [6.45, 7) is 2.86. The summed E-state index contributed by atoms with van der Waals surface area (Å²) >= 11 is 0. The van der Waals surface area contributed by atoms with Crippen LogP contribution in [-0.2, 0) is 9.59 Å². The number of carbonyl (C=O) groups excluding carboxylic acids is 2. The highest BCUT2D eigenvalue weighted by molar-refractivity contribution is 5.97. The number of hydrogen-bond acceptors (Lipinski definition) is 2. The van der Waals surface area contributed by atoms with Gasteiger partial charge in [0.15, 0.2) is 0 Å². The molecule has 2 aromatic carbocycles. The van der Waals surface area contributed by atoms with Gasteiger partial charge in [-0.3, -0.25) is 9.59 Å². The highest BCUT2D eigenvalue weighted by Crippen LogP contribution is 2.26. The average molecular weight is 336 g/mol. The molecule has 0 radical (unpaired) electrons. The Morgan fingerprint density at radius 2 is 1.84 bits per heavy atom. The van der Waals surface area contributed by atoms with E-state index in [1.807, 2.05) is 54.6 Å². The molecule has 130 valence electrons. The van der Waals surface area contributed by atoms with Crippen LogP contribution < -0.4 is 10.2 Å². The van der Waals surface area contributed by atoms with Crippen LogP contribution in [0.4, 0.5) is 11.4 Å². The minimum Gasteiger partial charge on any atom is -0.326 e. The zero-order valence-corrected chi connectivity index (χ0v) is 14.6. The second-order valence-corrected chi connectivity index (χ2v) is 6.44. The van der Waals surface area contributed by atoms with Gasteiger partial charge in [0.1, 0.15) is 0 Å². The van der Waals surface area contributed by atoms with Gasteiger partial charge in [-0.15, -0.1) is 0 Å². The molecule has 0 aliphatic carbocycles. The second kappa shape index (κ2) is 7.97. The van der Waals surface area contributed by atoms with Gasteiger partial charge in [-0.05, 0) is 42.7 Å². The molecule has 0 bridgehead atoms. The molecule has 2 aromatic rings. The number of anilines is 2. The Bertz CT molecular complexity index is 725. The summed E-state index contributed by atoms with van der Waals surface area (Å²) in [6, 6.07) is 17.4. The van der Waals surface area contributed by atoms with Gasteiger partial charge in [-0.25, -0.2) is 0 Å². The van der Waals surface area contributed by atoms with Crippen LogP contribution in [0.3, 0.4) is 0 Å². The van der Waals surface area contributed by atoms with Gasteiger partial charge in [0.25, 0.3) is 0 Å². The van der Waals surface area contributed by atoms with Crippen molar-refractivity contribution < 1.29 is 9.59 Å². The van der Waals surface area contributed by atoms with Crippen LogP contribution in [0.5, 0.6) is 0 Å². The molecule has 2 amide bonds. The maximum Gasteiger partial charge on any atom is 0.231 e. The molecule has 1 saturated heterocycles. The third-order valence-corrected chi connectivity index (χ3v) is 4.62. The highest BCUT2D eigenvalue weighted by atomic mass is 16.2. The van der Waals surface area contributed by atoms with E-state index >= 15 is 0 Å². The van der Waals surface area contributed by atoms with Crippen molar-refractivity contribution in [1.29, 1.82) is 0 Å². The van der Waals surface area contributed by atoms with Gasteiger partial charge in [-0.2, -0.15) is 0 Å². The number of nitrogens with zero attached hydrogens (tertiary/aromatic N) is 1. The summed E-state index contributed by atoms with van der Waals surface area (Å²) in [7, 11) is 0. The van der Waals surface area contributed by atoms with Crippen molar-refractivity contribution in [2.45, 2.75) is 38.5 Å². The molecule has 1 atom stereocenters. The second-order valence-electron chi connectivity index (χ2n) is 6.44. The maximum atomic E-state index is 12.7. The van der Waals surface area contributed by atoms with Gasteiger partial charge < -0.3 is 10.2 Å². The molecule has 4 nitrogen and oxygen atoms in total. The molecule has 1 aliphatic heterocycles. The van der Waals surface area contributed by atoms with E-state index in [0.717, 1.165) is 42.7 Å². The third-order valence-electron chi connectivity index (χ3n) is 4.62. The van der Waals surface area contributed by atoms with Gasteiger partial charge in [-0.1, -0.05) is 43.7 Å². The fraction of sp³-hybridized carbons (Fsp3) is 0.333. The Balaban J connectivity index is 1.70. The Hall–Kier alpha value is -2.62. The summed E-state index contributed by atoms with van der Waals surface area (Å²) in [4.78, 5) is 26.3. The first-order valence-corrected chi connectivity index (χ1v) is 8.95. The van der Waals surface area contributed by atoms with E-state index in [1.54, 1.807) is 4.90 Å².